The van der Waals surface area contributed by atoms with Crippen LogP contribution in [-0.4, -0.2) is 79.5 Å². The lowest BCUT2D eigenvalue weighted by molar-refractivity contribution is 0.283. The fraction of sp³-hybridized carbons (Fsp3) is 0.419. The highest BCUT2D eigenvalue weighted by atomic mass is 19.1. The van der Waals surface area contributed by atoms with Crippen LogP contribution in [0.3, 0.4) is 0 Å². The van der Waals surface area contributed by atoms with Gasteiger partial charge in [-0.25, -0.2) is 33.4 Å². The molecule has 5 rings (SSSR count). The Kier molecular flexibility index (Phi) is 9.11. The maximum atomic E-state index is 15.3. The van der Waals surface area contributed by atoms with E-state index in [9.17, 15) is 10.1 Å². The number of halogens is 1. The fourth-order valence-electron chi connectivity index (χ4n) is 5.39. The summed E-state index contributed by atoms with van der Waals surface area (Å²) in [6.45, 7) is 13.2. The van der Waals surface area contributed by atoms with E-state index in [1.54, 1.807) is 24.4 Å². The van der Waals surface area contributed by atoms with Crippen LogP contribution in [0.25, 0.3) is 16.8 Å². The van der Waals surface area contributed by atoms with Crippen molar-refractivity contribution >= 4 is 11.8 Å². The lowest BCUT2D eigenvalue weighted by Gasteiger charge is -2.40. The first-order chi connectivity index (χ1) is 20.9. The molecule has 4 heterocycles. The Morgan fingerprint density at radius 1 is 1.05 bits per heavy atom. The molecule has 1 saturated heterocycles. The Balaban J connectivity index is 1.32. The molecule has 43 heavy (non-hydrogen) atoms. The average Bonchev–Trinajstić information content (AvgIpc) is 3.40. The number of anilines is 2. The molecule has 0 N–H and O–H groups in total. The van der Waals surface area contributed by atoms with Crippen molar-refractivity contribution in [1.29, 1.82) is 5.26 Å². The summed E-state index contributed by atoms with van der Waals surface area (Å²) < 4.78 is 17.9. The van der Waals surface area contributed by atoms with Gasteiger partial charge in [0.25, 0.3) is 0 Å². The third kappa shape index (κ3) is 6.27. The van der Waals surface area contributed by atoms with Crippen molar-refractivity contribution in [1.82, 2.24) is 34.2 Å². The first-order valence-electron chi connectivity index (χ1n) is 14.8. The highest BCUT2D eigenvalue weighted by Crippen LogP contribution is 2.29. The zero-order chi connectivity index (χ0) is 30.5. The molecule has 3 aromatic heterocycles. The number of nitrogens with zero attached hydrogens (tertiary/aromatic N) is 10. The predicted molar refractivity (Wildman–Crippen MR) is 164 cm³/mol. The number of hydrogen-bond acceptors (Lipinski definition) is 9. The molecule has 0 unspecified atom stereocenters. The van der Waals surface area contributed by atoms with E-state index in [2.05, 4.69) is 68.5 Å². The van der Waals surface area contributed by atoms with Crippen LogP contribution in [0.15, 0.2) is 54.0 Å². The normalized spacial score (nSPS) is 15.2. The number of piperazine rings is 1. The van der Waals surface area contributed by atoms with Crippen molar-refractivity contribution < 1.29 is 4.39 Å². The first kappa shape index (κ1) is 29.8. The molecule has 4 aromatic rings. The maximum absolute atomic E-state index is 15.3. The van der Waals surface area contributed by atoms with E-state index < -0.39 is 11.5 Å². The standard InChI is InChI=1S/C31H37FN10O/c1-5-23-17-35-30(36-18-23)39-11-12-40(22(4)20-39)29-25(16-33)14-26(19-34-29)24-8-9-28(27(32)15-24)41-21-37-42(31(41)43)13-10-38(6-2)7-3/h8-9,14-15,17-19,21-22H,5-7,10-13,20H2,1-4H3/t22-/m0/s1. The fourth-order valence-corrected chi connectivity index (χ4v) is 5.39. The van der Waals surface area contributed by atoms with Crippen LogP contribution in [0.2, 0.25) is 0 Å². The summed E-state index contributed by atoms with van der Waals surface area (Å²) in [7, 11) is 0. The van der Waals surface area contributed by atoms with Crippen LogP contribution in [0.4, 0.5) is 16.2 Å². The summed E-state index contributed by atoms with van der Waals surface area (Å²) in [6.07, 6.45) is 7.63. The van der Waals surface area contributed by atoms with Crippen molar-refractivity contribution in [2.45, 2.75) is 46.7 Å². The van der Waals surface area contributed by atoms with E-state index in [1.807, 2.05) is 12.4 Å². The molecule has 1 aromatic carbocycles. The molecule has 1 aliphatic rings. The molecule has 0 aliphatic carbocycles. The zero-order valence-corrected chi connectivity index (χ0v) is 25.1. The van der Waals surface area contributed by atoms with Crippen LogP contribution in [0, 0.1) is 17.1 Å². The van der Waals surface area contributed by atoms with Crippen molar-refractivity contribution in [3.63, 3.8) is 0 Å². The van der Waals surface area contributed by atoms with Crippen molar-refractivity contribution in [3.8, 4) is 22.9 Å². The molecule has 0 amide bonds. The molecule has 12 heteroatoms. The quantitative estimate of drug-likeness (QED) is 0.276. The van der Waals surface area contributed by atoms with Gasteiger partial charge in [-0.2, -0.15) is 10.4 Å². The van der Waals surface area contributed by atoms with E-state index in [1.165, 1.54) is 21.6 Å². The van der Waals surface area contributed by atoms with Gasteiger partial charge >= 0.3 is 5.69 Å². The van der Waals surface area contributed by atoms with Gasteiger partial charge in [-0.1, -0.05) is 26.8 Å². The smallest absolute Gasteiger partial charge is 0.349 e. The van der Waals surface area contributed by atoms with Crippen LogP contribution in [0.5, 0.6) is 0 Å². The van der Waals surface area contributed by atoms with Gasteiger partial charge in [0.05, 0.1) is 17.8 Å². The molecule has 0 radical (unpaired) electrons. The molecular formula is C31H37FN10O. The van der Waals surface area contributed by atoms with Gasteiger partial charge in [0.15, 0.2) is 0 Å². The van der Waals surface area contributed by atoms with E-state index in [-0.39, 0.29) is 11.7 Å². The Hall–Kier alpha value is -4.63. The molecule has 224 valence electrons. The van der Waals surface area contributed by atoms with E-state index in [4.69, 9.17) is 0 Å². The molecule has 1 aliphatic heterocycles. The molecule has 1 fully saturated rings. The summed E-state index contributed by atoms with van der Waals surface area (Å²) in [5, 5.41) is 14.2. The number of pyridine rings is 1. The summed E-state index contributed by atoms with van der Waals surface area (Å²) >= 11 is 0. The number of likely N-dealkylation sites (N-methyl/N-ethyl adjacent to an activating group) is 1. The van der Waals surface area contributed by atoms with Gasteiger partial charge in [-0.3, -0.25) is 0 Å². The highest BCUT2D eigenvalue weighted by Gasteiger charge is 2.28. The predicted octanol–water partition coefficient (Wildman–Crippen LogP) is 3.52. The third-order valence-electron chi connectivity index (χ3n) is 8.07. The SMILES string of the molecule is CCc1cnc(N2CCN(c3ncc(-c4ccc(-n5cnn(CCN(CC)CC)c5=O)c(F)c4)cc3C#N)[C@@H](C)C2)nc1. The first-order valence-corrected chi connectivity index (χ1v) is 14.8. The number of hydrogen-bond donors (Lipinski definition) is 0. The number of nitriles is 1. The highest BCUT2D eigenvalue weighted by molar-refractivity contribution is 5.69. The topological polar surface area (TPSA) is 112 Å². The monoisotopic (exact) mass is 584 g/mol. The summed E-state index contributed by atoms with van der Waals surface area (Å²) in [5.74, 6) is 0.734. The van der Waals surface area contributed by atoms with Crippen molar-refractivity contribution in [2.24, 2.45) is 0 Å². The lowest BCUT2D eigenvalue weighted by atomic mass is 10.0. The Morgan fingerprint density at radius 2 is 1.81 bits per heavy atom. The second kappa shape index (κ2) is 13.1. The number of benzene rings is 1. The van der Waals surface area contributed by atoms with Gasteiger partial charge in [-0.05, 0) is 55.8 Å². The second-order valence-electron chi connectivity index (χ2n) is 10.6. The largest absolute Gasteiger partial charge is 0.350 e. The van der Waals surface area contributed by atoms with Crippen molar-refractivity contribution in [3.05, 3.63) is 76.6 Å². The van der Waals surface area contributed by atoms with Gasteiger partial charge < -0.3 is 14.7 Å². The molecular weight excluding hydrogens is 547 g/mol. The van der Waals surface area contributed by atoms with Crippen LogP contribution < -0.4 is 15.5 Å². The third-order valence-corrected chi connectivity index (χ3v) is 8.07. The van der Waals surface area contributed by atoms with Gasteiger partial charge in [0.1, 0.15) is 24.0 Å². The Labute approximate surface area is 250 Å². The van der Waals surface area contributed by atoms with Gasteiger partial charge in [0.2, 0.25) is 5.95 Å². The zero-order valence-electron chi connectivity index (χ0n) is 25.1. The van der Waals surface area contributed by atoms with Gasteiger partial charge in [0, 0.05) is 56.4 Å². The Bertz CT molecular complexity index is 1650. The minimum atomic E-state index is -0.565. The maximum Gasteiger partial charge on any atom is 0.350 e. The van der Waals surface area contributed by atoms with Crippen LogP contribution >= 0.6 is 0 Å². The lowest BCUT2D eigenvalue weighted by Crippen LogP contribution is -2.53. The van der Waals surface area contributed by atoms with E-state index in [0.29, 0.717) is 61.2 Å². The van der Waals surface area contributed by atoms with Crippen LogP contribution in [0.1, 0.15) is 38.8 Å². The molecule has 0 bridgehead atoms. The van der Waals surface area contributed by atoms with E-state index >= 15 is 4.39 Å². The summed E-state index contributed by atoms with van der Waals surface area (Å²) in [5.41, 5.74) is 2.41. The number of rotatable bonds is 10. The molecule has 1 atom stereocenters. The minimum Gasteiger partial charge on any atom is -0.349 e. The number of aromatic nitrogens is 6. The molecule has 11 nitrogen and oxygen atoms in total. The Morgan fingerprint density at radius 3 is 2.47 bits per heavy atom. The molecule has 0 spiro atoms. The number of aryl methyl sites for hydroxylation is 1. The summed E-state index contributed by atoms with van der Waals surface area (Å²) in [4.78, 5) is 33.1. The molecule has 0 saturated carbocycles. The van der Waals surface area contributed by atoms with Gasteiger partial charge in [-0.15, -0.1) is 0 Å². The van der Waals surface area contributed by atoms with Crippen molar-refractivity contribution in [2.75, 3.05) is 49.1 Å². The summed E-state index contributed by atoms with van der Waals surface area (Å²) in [6, 6.07) is 8.71. The van der Waals surface area contributed by atoms with E-state index in [0.717, 1.165) is 25.1 Å². The average molecular weight is 585 g/mol. The minimum absolute atomic E-state index is 0.0663. The second-order valence-corrected chi connectivity index (χ2v) is 10.6. The van der Waals surface area contributed by atoms with Crippen LogP contribution in [-0.2, 0) is 13.0 Å².